The van der Waals surface area contributed by atoms with Crippen molar-refractivity contribution >= 4 is 11.6 Å². The monoisotopic (exact) mass is 293 g/mol. The molecule has 0 radical (unpaired) electrons. The number of hydrogen-bond acceptors (Lipinski definition) is 2. The minimum Gasteiger partial charge on any atom is -0.495 e. The van der Waals surface area contributed by atoms with Crippen molar-refractivity contribution in [3.8, 4) is 5.75 Å². The molecule has 3 rings (SSSR count). The van der Waals surface area contributed by atoms with Crippen molar-refractivity contribution < 1.29 is 4.74 Å². The Morgan fingerprint density at radius 3 is 2.70 bits per heavy atom. The van der Waals surface area contributed by atoms with Gasteiger partial charge in [-0.05, 0) is 69.2 Å². The molecule has 110 valence electrons. The second-order valence-electron chi connectivity index (χ2n) is 6.33. The fourth-order valence-corrected chi connectivity index (χ4v) is 4.22. The highest BCUT2D eigenvalue weighted by atomic mass is 35.5. The number of nitrogens with one attached hydrogen (secondary N) is 1. The Labute approximate surface area is 126 Å². The lowest BCUT2D eigenvalue weighted by molar-refractivity contribution is 0.368. The fourth-order valence-electron chi connectivity index (χ4n) is 3.92. The number of halogens is 1. The van der Waals surface area contributed by atoms with Crippen LogP contribution in [0.2, 0.25) is 5.02 Å². The second kappa shape index (κ2) is 5.57. The maximum Gasteiger partial charge on any atom is 0.142 e. The topological polar surface area (TPSA) is 21.3 Å². The van der Waals surface area contributed by atoms with Gasteiger partial charge in [0, 0.05) is 11.1 Å². The molecule has 1 aliphatic carbocycles. The first-order valence-electron chi connectivity index (χ1n) is 7.79. The smallest absolute Gasteiger partial charge is 0.142 e. The van der Waals surface area contributed by atoms with Crippen LogP contribution in [0.4, 0.5) is 0 Å². The lowest BCUT2D eigenvalue weighted by Gasteiger charge is -2.31. The average Bonchev–Trinajstić information content (AvgIpc) is 2.74. The summed E-state index contributed by atoms with van der Waals surface area (Å²) in [6.07, 6.45) is 8.58. The van der Waals surface area contributed by atoms with Crippen LogP contribution in [0, 0.1) is 0 Å². The van der Waals surface area contributed by atoms with E-state index >= 15 is 0 Å². The molecule has 3 heteroatoms. The van der Waals surface area contributed by atoms with Gasteiger partial charge in [0.1, 0.15) is 5.75 Å². The first kappa shape index (κ1) is 14.2. The number of hydrogen-bond donors (Lipinski definition) is 1. The molecule has 1 aromatic rings. The van der Waals surface area contributed by atoms with Gasteiger partial charge in [-0.15, -0.1) is 0 Å². The molecule has 1 heterocycles. The Bertz CT molecular complexity index is 506. The van der Waals surface area contributed by atoms with Crippen molar-refractivity contribution in [1.29, 1.82) is 0 Å². The molecule has 1 aliphatic heterocycles. The Morgan fingerprint density at radius 1 is 1.20 bits per heavy atom. The molecule has 1 N–H and O–H groups in total. The van der Waals surface area contributed by atoms with E-state index in [1.165, 1.54) is 42.4 Å². The highest BCUT2D eigenvalue weighted by Gasteiger charge is 2.36. The molecular weight excluding hydrogens is 270 g/mol. The summed E-state index contributed by atoms with van der Waals surface area (Å²) >= 11 is 6.51. The van der Waals surface area contributed by atoms with Crippen LogP contribution in [-0.2, 0) is 18.4 Å². The van der Waals surface area contributed by atoms with Gasteiger partial charge in [-0.25, -0.2) is 0 Å². The Morgan fingerprint density at radius 2 is 2.00 bits per heavy atom. The van der Waals surface area contributed by atoms with Crippen molar-refractivity contribution in [2.75, 3.05) is 13.7 Å². The fraction of sp³-hybridized carbons (Fsp3) is 0.647. The highest BCUT2D eigenvalue weighted by molar-refractivity contribution is 6.32. The summed E-state index contributed by atoms with van der Waals surface area (Å²) < 4.78 is 5.69. The van der Waals surface area contributed by atoms with E-state index in [1.807, 2.05) is 0 Å². The van der Waals surface area contributed by atoms with Gasteiger partial charge < -0.3 is 10.1 Å². The Balaban J connectivity index is 2.20. The molecule has 1 saturated heterocycles. The van der Waals surface area contributed by atoms with Gasteiger partial charge in [-0.2, -0.15) is 0 Å². The van der Waals surface area contributed by atoms with Crippen LogP contribution in [0.1, 0.15) is 55.7 Å². The highest BCUT2D eigenvalue weighted by Crippen LogP contribution is 2.45. The van der Waals surface area contributed by atoms with Crippen molar-refractivity contribution in [2.24, 2.45) is 0 Å². The van der Waals surface area contributed by atoms with Crippen LogP contribution >= 0.6 is 11.6 Å². The maximum absolute atomic E-state index is 6.51. The number of ether oxygens (including phenoxy) is 1. The third-order valence-corrected chi connectivity index (χ3v) is 5.21. The average molecular weight is 294 g/mol. The van der Waals surface area contributed by atoms with E-state index < -0.39 is 0 Å². The molecular formula is C17H24ClNO. The number of benzene rings is 1. The lowest BCUT2D eigenvalue weighted by Crippen LogP contribution is -2.35. The van der Waals surface area contributed by atoms with Crippen LogP contribution in [0.3, 0.4) is 0 Å². The molecule has 1 fully saturated rings. The molecule has 1 atom stereocenters. The molecule has 1 unspecified atom stereocenters. The lowest BCUT2D eigenvalue weighted by atomic mass is 9.82. The third kappa shape index (κ3) is 2.33. The zero-order valence-electron chi connectivity index (χ0n) is 12.5. The van der Waals surface area contributed by atoms with E-state index in [2.05, 4.69) is 18.3 Å². The van der Waals surface area contributed by atoms with Gasteiger partial charge in [0.2, 0.25) is 0 Å². The minimum absolute atomic E-state index is 0.0185. The number of methoxy groups -OCH3 is 1. The predicted molar refractivity (Wildman–Crippen MR) is 83.9 cm³/mol. The summed E-state index contributed by atoms with van der Waals surface area (Å²) in [5, 5.41) is 4.46. The zero-order chi connectivity index (χ0) is 14.2. The molecule has 2 aliphatic rings. The molecule has 0 saturated carbocycles. The van der Waals surface area contributed by atoms with Crippen molar-refractivity contribution in [2.45, 2.75) is 57.4 Å². The van der Waals surface area contributed by atoms with Gasteiger partial charge in [0.25, 0.3) is 0 Å². The molecule has 20 heavy (non-hydrogen) atoms. The van der Waals surface area contributed by atoms with Crippen LogP contribution in [-0.4, -0.2) is 13.7 Å². The quantitative estimate of drug-likeness (QED) is 0.825. The van der Waals surface area contributed by atoms with Crippen LogP contribution < -0.4 is 10.1 Å². The SMILES string of the molecule is COc1c(Cl)cc2c(c1C1(C)CCCN1)CCCCC2. The van der Waals surface area contributed by atoms with Crippen LogP contribution in [0.25, 0.3) is 0 Å². The van der Waals surface area contributed by atoms with Crippen molar-refractivity contribution in [1.82, 2.24) is 5.32 Å². The van der Waals surface area contributed by atoms with Gasteiger partial charge in [-0.1, -0.05) is 18.0 Å². The Hall–Kier alpha value is -0.730. The number of rotatable bonds is 2. The first-order valence-corrected chi connectivity index (χ1v) is 8.17. The summed E-state index contributed by atoms with van der Waals surface area (Å²) in [7, 11) is 1.74. The van der Waals surface area contributed by atoms with E-state index in [0.29, 0.717) is 0 Å². The molecule has 0 aromatic heterocycles. The van der Waals surface area contributed by atoms with Gasteiger partial charge >= 0.3 is 0 Å². The maximum atomic E-state index is 6.51. The number of fused-ring (bicyclic) bond motifs is 1. The summed E-state index contributed by atoms with van der Waals surface area (Å²) in [5.41, 5.74) is 4.30. The van der Waals surface area contributed by atoms with E-state index in [0.717, 1.165) is 36.6 Å². The number of aryl methyl sites for hydroxylation is 1. The third-order valence-electron chi connectivity index (χ3n) is 4.93. The largest absolute Gasteiger partial charge is 0.495 e. The molecule has 2 nitrogen and oxygen atoms in total. The van der Waals surface area contributed by atoms with Crippen LogP contribution in [0.15, 0.2) is 6.07 Å². The van der Waals surface area contributed by atoms with Crippen molar-refractivity contribution in [3.05, 3.63) is 27.8 Å². The summed E-state index contributed by atoms with van der Waals surface area (Å²) in [4.78, 5) is 0. The van der Waals surface area contributed by atoms with Crippen LogP contribution in [0.5, 0.6) is 5.75 Å². The predicted octanol–water partition coefficient (Wildman–Crippen LogP) is 4.22. The van der Waals surface area contributed by atoms with E-state index in [-0.39, 0.29) is 5.54 Å². The second-order valence-corrected chi connectivity index (χ2v) is 6.73. The molecule has 1 aromatic carbocycles. The molecule has 0 spiro atoms. The van der Waals surface area contributed by atoms with E-state index in [9.17, 15) is 0 Å². The van der Waals surface area contributed by atoms with Gasteiger partial charge in [0.15, 0.2) is 0 Å². The summed E-state index contributed by atoms with van der Waals surface area (Å²) in [5.74, 6) is 0.893. The van der Waals surface area contributed by atoms with Gasteiger partial charge in [0.05, 0.1) is 12.1 Å². The minimum atomic E-state index is 0.0185. The van der Waals surface area contributed by atoms with E-state index in [1.54, 1.807) is 7.11 Å². The standard InChI is InChI=1S/C17H24ClNO/c1-17(9-6-10-19-17)15-13-8-5-3-4-7-12(13)11-14(18)16(15)20-2/h11,19H,3-10H2,1-2H3. The summed E-state index contributed by atoms with van der Waals surface area (Å²) in [6, 6.07) is 2.14. The van der Waals surface area contributed by atoms with Crippen molar-refractivity contribution in [3.63, 3.8) is 0 Å². The first-order chi connectivity index (χ1) is 9.65. The normalized spacial score (nSPS) is 26.1. The molecule has 0 bridgehead atoms. The molecule has 0 amide bonds. The Kier molecular flexibility index (Phi) is 3.96. The van der Waals surface area contributed by atoms with E-state index in [4.69, 9.17) is 16.3 Å². The summed E-state index contributed by atoms with van der Waals surface area (Å²) in [6.45, 7) is 3.39. The zero-order valence-corrected chi connectivity index (χ0v) is 13.3. The van der Waals surface area contributed by atoms with Gasteiger partial charge in [-0.3, -0.25) is 0 Å².